The van der Waals surface area contributed by atoms with Gasteiger partial charge in [0.2, 0.25) is 5.82 Å². The van der Waals surface area contributed by atoms with Crippen molar-refractivity contribution in [1.82, 2.24) is 0 Å². The Morgan fingerprint density at radius 3 is 2.64 bits per heavy atom. The van der Waals surface area contributed by atoms with Gasteiger partial charge in [0.1, 0.15) is 6.29 Å². The predicted molar refractivity (Wildman–Crippen MR) is 48.0 cm³/mol. The molecule has 0 aromatic heterocycles. The molecule has 1 aromatic rings. The zero-order valence-electron chi connectivity index (χ0n) is 7.46. The zero-order valence-corrected chi connectivity index (χ0v) is 7.46. The quantitative estimate of drug-likeness (QED) is 0.549. The third-order valence-corrected chi connectivity index (χ3v) is 1.64. The highest BCUT2D eigenvalue weighted by atomic mass is 19.2. The van der Waals surface area contributed by atoms with Crippen LogP contribution >= 0.6 is 0 Å². The molecule has 0 amide bonds. The van der Waals surface area contributed by atoms with E-state index in [1.54, 1.807) is 0 Å². The van der Waals surface area contributed by atoms with Gasteiger partial charge >= 0.3 is 0 Å². The summed E-state index contributed by atoms with van der Waals surface area (Å²) in [5.74, 6) is -2.24. The maximum Gasteiger partial charge on any atom is 0.201 e. The molecule has 0 aliphatic heterocycles. The van der Waals surface area contributed by atoms with Crippen LogP contribution in [0.5, 0.6) is 5.75 Å². The Balaban J connectivity index is 3.23. The first kappa shape index (κ1) is 10.4. The molecule has 0 spiro atoms. The van der Waals surface area contributed by atoms with E-state index in [0.29, 0.717) is 11.8 Å². The van der Waals surface area contributed by atoms with E-state index in [1.807, 2.05) is 0 Å². The van der Waals surface area contributed by atoms with Gasteiger partial charge in [-0.3, -0.25) is 4.79 Å². The second-order valence-electron chi connectivity index (χ2n) is 2.48. The molecule has 1 aromatic carbocycles. The molecule has 0 radical (unpaired) electrons. The highest BCUT2D eigenvalue weighted by Crippen LogP contribution is 2.25. The molecule has 0 saturated carbocycles. The first-order valence-electron chi connectivity index (χ1n) is 3.84. The number of carbonyl (C=O) groups excluding carboxylic acids is 1. The van der Waals surface area contributed by atoms with Crippen molar-refractivity contribution in [2.45, 2.75) is 0 Å². The summed E-state index contributed by atoms with van der Waals surface area (Å²) in [5, 5.41) is 0. The molecule has 0 atom stereocenters. The lowest BCUT2D eigenvalue weighted by Crippen LogP contribution is -1.94. The van der Waals surface area contributed by atoms with Gasteiger partial charge in [-0.05, 0) is 24.3 Å². The number of ether oxygens (including phenoxy) is 1. The smallest absolute Gasteiger partial charge is 0.201 e. The fourth-order valence-electron chi connectivity index (χ4n) is 1.03. The van der Waals surface area contributed by atoms with Crippen molar-refractivity contribution >= 4 is 12.4 Å². The van der Waals surface area contributed by atoms with Crippen LogP contribution < -0.4 is 4.74 Å². The summed E-state index contributed by atoms with van der Waals surface area (Å²) >= 11 is 0. The molecule has 0 aliphatic carbocycles. The van der Waals surface area contributed by atoms with Gasteiger partial charge in [-0.25, -0.2) is 4.39 Å². The summed E-state index contributed by atoms with van der Waals surface area (Å²) in [6, 6.07) is 2.31. The van der Waals surface area contributed by atoms with E-state index in [4.69, 9.17) is 0 Å². The lowest BCUT2D eigenvalue weighted by molar-refractivity contribution is -0.104. The minimum absolute atomic E-state index is 0.205. The van der Waals surface area contributed by atoms with Crippen LogP contribution in [0.1, 0.15) is 5.56 Å². The number of halogens is 2. The average molecular weight is 198 g/mol. The predicted octanol–water partition coefficient (Wildman–Crippen LogP) is 2.19. The number of hydrogen-bond acceptors (Lipinski definition) is 2. The summed E-state index contributed by atoms with van der Waals surface area (Å²) in [6.45, 7) is 0. The normalized spacial score (nSPS) is 10.5. The highest BCUT2D eigenvalue weighted by molar-refractivity contribution is 5.75. The topological polar surface area (TPSA) is 26.3 Å². The number of carbonyl (C=O) groups is 1. The SMILES string of the molecule is COc1c(/C=C/C=O)ccc(F)c1F. The molecule has 0 N–H and O–H groups in total. The van der Waals surface area contributed by atoms with Crippen molar-refractivity contribution in [2.24, 2.45) is 0 Å². The summed E-state index contributed by atoms with van der Waals surface area (Å²) in [5.41, 5.74) is 0.318. The molecule has 74 valence electrons. The summed E-state index contributed by atoms with van der Waals surface area (Å²) in [4.78, 5) is 10.0. The average Bonchev–Trinajstić information content (AvgIpc) is 2.20. The molecule has 0 fully saturated rings. The van der Waals surface area contributed by atoms with Crippen molar-refractivity contribution in [1.29, 1.82) is 0 Å². The van der Waals surface area contributed by atoms with E-state index >= 15 is 0 Å². The molecule has 2 nitrogen and oxygen atoms in total. The molecule has 1 rings (SSSR count). The molecule has 0 aliphatic rings. The number of aldehydes is 1. The third kappa shape index (κ3) is 1.96. The molecule has 4 heteroatoms. The lowest BCUT2D eigenvalue weighted by Gasteiger charge is -2.05. The van der Waals surface area contributed by atoms with E-state index in [-0.39, 0.29) is 5.75 Å². The van der Waals surface area contributed by atoms with Gasteiger partial charge in [0.05, 0.1) is 7.11 Å². The van der Waals surface area contributed by atoms with Crippen LogP contribution in [-0.4, -0.2) is 13.4 Å². The van der Waals surface area contributed by atoms with E-state index < -0.39 is 11.6 Å². The summed E-state index contributed by atoms with van der Waals surface area (Å²) < 4.78 is 30.5. The Morgan fingerprint density at radius 1 is 1.36 bits per heavy atom. The number of allylic oxidation sites excluding steroid dienone is 1. The van der Waals surface area contributed by atoms with Crippen molar-refractivity contribution in [3.8, 4) is 5.75 Å². The molecule has 0 unspecified atom stereocenters. The summed E-state index contributed by atoms with van der Waals surface area (Å²) in [6.07, 6.45) is 3.06. The fraction of sp³-hybridized carbons (Fsp3) is 0.100. The van der Waals surface area contributed by atoms with Crippen LogP contribution in [0.2, 0.25) is 0 Å². The molecular weight excluding hydrogens is 190 g/mol. The van der Waals surface area contributed by atoms with Crippen LogP contribution in [0.4, 0.5) is 8.78 Å². The van der Waals surface area contributed by atoms with Gasteiger partial charge in [0, 0.05) is 5.56 Å². The Labute approximate surface area is 79.8 Å². The van der Waals surface area contributed by atoms with E-state index in [1.165, 1.54) is 25.3 Å². The molecule has 0 saturated heterocycles. The Bertz CT molecular complexity index is 373. The van der Waals surface area contributed by atoms with Gasteiger partial charge in [0.25, 0.3) is 0 Å². The van der Waals surface area contributed by atoms with E-state index in [9.17, 15) is 13.6 Å². The molecule has 0 bridgehead atoms. The largest absolute Gasteiger partial charge is 0.493 e. The summed E-state index contributed by atoms with van der Waals surface area (Å²) in [7, 11) is 1.23. The minimum atomic E-state index is -1.06. The fourth-order valence-corrected chi connectivity index (χ4v) is 1.03. The molecule has 14 heavy (non-hydrogen) atoms. The second kappa shape index (κ2) is 4.50. The van der Waals surface area contributed by atoms with E-state index in [0.717, 1.165) is 6.07 Å². The number of benzene rings is 1. The van der Waals surface area contributed by atoms with Crippen molar-refractivity contribution in [2.75, 3.05) is 7.11 Å². The van der Waals surface area contributed by atoms with Crippen LogP contribution in [0.15, 0.2) is 18.2 Å². The lowest BCUT2D eigenvalue weighted by atomic mass is 10.1. The molecule has 0 heterocycles. The molecular formula is C10H8F2O2. The van der Waals surface area contributed by atoms with Crippen LogP contribution in [0.25, 0.3) is 6.08 Å². The first-order valence-corrected chi connectivity index (χ1v) is 3.84. The van der Waals surface area contributed by atoms with Gasteiger partial charge < -0.3 is 4.74 Å². The maximum absolute atomic E-state index is 13.1. The highest BCUT2D eigenvalue weighted by Gasteiger charge is 2.11. The first-order chi connectivity index (χ1) is 6.70. The maximum atomic E-state index is 13.1. The standard InChI is InChI=1S/C10H8F2O2/c1-14-10-7(3-2-6-13)4-5-8(11)9(10)12/h2-6H,1H3/b3-2+. The number of hydrogen-bond donors (Lipinski definition) is 0. The van der Waals surface area contributed by atoms with Gasteiger partial charge in [-0.1, -0.05) is 0 Å². The Kier molecular flexibility index (Phi) is 3.34. The Hall–Kier alpha value is -1.71. The van der Waals surface area contributed by atoms with Gasteiger partial charge in [0.15, 0.2) is 11.6 Å². The zero-order chi connectivity index (χ0) is 10.6. The van der Waals surface area contributed by atoms with Gasteiger partial charge in [-0.15, -0.1) is 0 Å². The Morgan fingerprint density at radius 2 is 2.07 bits per heavy atom. The number of methoxy groups -OCH3 is 1. The van der Waals surface area contributed by atoms with Crippen molar-refractivity contribution in [3.05, 3.63) is 35.4 Å². The second-order valence-corrected chi connectivity index (χ2v) is 2.48. The monoisotopic (exact) mass is 198 g/mol. The van der Waals surface area contributed by atoms with E-state index in [2.05, 4.69) is 4.74 Å². The minimum Gasteiger partial charge on any atom is -0.493 e. The van der Waals surface area contributed by atoms with Crippen molar-refractivity contribution < 1.29 is 18.3 Å². The third-order valence-electron chi connectivity index (χ3n) is 1.64. The van der Waals surface area contributed by atoms with Crippen molar-refractivity contribution in [3.63, 3.8) is 0 Å². The van der Waals surface area contributed by atoms with Gasteiger partial charge in [-0.2, -0.15) is 4.39 Å². The van der Waals surface area contributed by atoms with Crippen LogP contribution in [0, 0.1) is 11.6 Å². The van der Waals surface area contributed by atoms with Crippen LogP contribution in [-0.2, 0) is 4.79 Å². The van der Waals surface area contributed by atoms with Crippen LogP contribution in [0.3, 0.4) is 0 Å². The number of rotatable bonds is 3.